The van der Waals surface area contributed by atoms with Crippen molar-refractivity contribution in [3.05, 3.63) is 36.0 Å². The second kappa shape index (κ2) is 3.81. The van der Waals surface area contributed by atoms with Crippen LogP contribution in [0.4, 0.5) is 5.69 Å². The molecular formula is C12H12N2O2. The van der Waals surface area contributed by atoms with E-state index in [1.807, 2.05) is 37.2 Å². The van der Waals surface area contributed by atoms with E-state index in [1.54, 1.807) is 6.07 Å². The van der Waals surface area contributed by atoms with Gasteiger partial charge in [-0.25, -0.2) is 9.78 Å². The molecule has 0 saturated carbocycles. The third-order valence-corrected chi connectivity index (χ3v) is 2.41. The maximum atomic E-state index is 10.8. The van der Waals surface area contributed by atoms with Crippen LogP contribution in [0.3, 0.4) is 0 Å². The molecular weight excluding hydrogens is 204 g/mol. The Balaban J connectivity index is 2.68. The zero-order chi connectivity index (χ0) is 11.7. The summed E-state index contributed by atoms with van der Waals surface area (Å²) < 4.78 is 0. The molecule has 16 heavy (non-hydrogen) atoms. The van der Waals surface area contributed by atoms with E-state index in [0.717, 1.165) is 11.1 Å². The third-order valence-electron chi connectivity index (χ3n) is 2.41. The first-order chi connectivity index (χ1) is 7.59. The van der Waals surface area contributed by atoms with Crippen molar-refractivity contribution in [2.45, 2.75) is 0 Å². The van der Waals surface area contributed by atoms with Gasteiger partial charge in [0.2, 0.25) is 0 Å². The highest BCUT2D eigenvalue weighted by molar-refractivity contribution is 5.95. The SMILES string of the molecule is CN(C)c1cccc2nc(C(=O)O)ccc12. The Morgan fingerprint density at radius 1 is 1.25 bits per heavy atom. The number of aromatic carboxylic acids is 1. The lowest BCUT2D eigenvalue weighted by atomic mass is 10.1. The number of carboxylic acid groups (broad SMARTS) is 1. The summed E-state index contributed by atoms with van der Waals surface area (Å²) >= 11 is 0. The molecule has 0 atom stereocenters. The zero-order valence-electron chi connectivity index (χ0n) is 9.14. The number of aromatic nitrogens is 1. The molecule has 0 fully saturated rings. The molecule has 4 heteroatoms. The number of hydrogen-bond donors (Lipinski definition) is 1. The van der Waals surface area contributed by atoms with Gasteiger partial charge in [0.05, 0.1) is 5.52 Å². The Labute approximate surface area is 93.1 Å². The number of nitrogens with zero attached hydrogens (tertiary/aromatic N) is 2. The average molecular weight is 216 g/mol. The van der Waals surface area contributed by atoms with E-state index in [0.29, 0.717) is 5.52 Å². The third kappa shape index (κ3) is 1.69. The molecule has 1 aromatic heterocycles. The molecule has 0 spiro atoms. The molecule has 0 bridgehead atoms. The first kappa shape index (κ1) is 10.4. The number of anilines is 1. The summed E-state index contributed by atoms with van der Waals surface area (Å²) in [5, 5.41) is 9.81. The lowest BCUT2D eigenvalue weighted by Crippen LogP contribution is -2.09. The maximum absolute atomic E-state index is 10.8. The van der Waals surface area contributed by atoms with Gasteiger partial charge in [0, 0.05) is 25.2 Å². The van der Waals surface area contributed by atoms with Crippen LogP contribution in [0.25, 0.3) is 10.9 Å². The van der Waals surface area contributed by atoms with E-state index in [1.165, 1.54) is 6.07 Å². The van der Waals surface area contributed by atoms with Crippen LogP contribution in [0, 0.1) is 0 Å². The standard InChI is InChI=1S/C12H12N2O2/c1-14(2)11-5-3-4-9-8(11)6-7-10(13-9)12(15)16/h3-7H,1-2H3,(H,15,16). The van der Waals surface area contributed by atoms with Gasteiger partial charge in [-0.05, 0) is 24.3 Å². The predicted octanol–water partition coefficient (Wildman–Crippen LogP) is 2.00. The molecule has 0 aliphatic heterocycles. The van der Waals surface area contributed by atoms with Crippen molar-refractivity contribution in [3.63, 3.8) is 0 Å². The van der Waals surface area contributed by atoms with Gasteiger partial charge < -0.3 is 10.0 Å². The molecule has 82 valence electrons. The summed E-state index contributed by atoms with van der Waals surface area (Å²) in [7, 11) is 3.89. The summed E-state index contributed by atoms with van der Waals surface area (Å²) in [4.78, 5) is 16.9. The minimum absolute atomic E-state index is 0.0726. The van der Waals surface area contributed by atoms with Gasteiger partial charge in [-0.3, -0.25) is 0 Å². The molecule has 0 saturated heterocycles. The van der Waals surface area contributed by atoms with E-state index in [4.69, 9.17) is 5.11 Å². The fourth-order valence-corrected chi connectivity index (χ4v) is 1.65. The monoisotopic (exact) mass is 216 g/mol. The van der Waals surface area contributed by atoms with Crippen molar-refractivity contribution in [2.24, 2.45) is 0 Å². The summed E-state index contributed by atoms with van der Waals surface area (Å²) in [6.45, 7) is 0. The smallest absolute Gasteiger partial charge is 0.354 e. The Hall–Kier alpha value is -2.10. The Bertz CT molecular complexity index is 550. The molecule has 0 radical (unpaired) electrons. The predicted molar refractivity (Wildman–Crippen MR) is 63.0 cm³/mol. The average Bonchev–Trinajstić information content (AvgIpc) is 2.27. The quantitative estimate of drug-likeness (QED) is 0.834. The maximum Gasteiger partial charge on any atom is 0.354 e. The van der Waals surface area contributed by atoms with Gasteiger partial charge in [-0.1, -0.05) is 6.07 Å². The van der Waals surface area contributed by atoms with Crippen LogP contribution in [0.5, 0.6) is 0 Å². The highest BCUT2D eigenvalue weighted by atomic mass is 16.4. The minimum atomic E-state index is -1.00. The number of hydrogen-bond acceptors (Lipinski definition) is 3. The second-order valence-electron chi connectivity index (χ2n) is 3.74. The highest BCUT2D eigenvalue weighted by Gasteiger charge is 2.08. The zero-order valence-corrected chi connectivity index (χ0v) is 9.14. The van der Waals surface area contributed by atoms with Crippen molar-refractivity contribution in [2.75, 3.05) is 19.0 Å². The molecule has 1 aromatic carbocycles. The van der Waals surface area contributed by atoms with Gasteiger partial charge in [0.1, 0.15) is 5.69 Å². The molecule has 0 aliphatic rings. The van der Waals surface area contributed by atoms with Crippen molar-refractivity contribution in [3.8, 4) is 0 Å². The summed E-state index contributed by atoms with van der Waals surface area (Å²) in [6, 6.07) is 8.98. The van der Waals surface area contributed by atoms with E-state index < -0.39 is 5.97 Å². The van der Waals surface area contributed by atoms with Crippen LogP contribution in [-0.2, 0) is 0 Å². The van der Waals surface area contributed by atoms with Gasteiger partial charge in [-0.2, -0.15) is 0 Å². The number of benzene rings is 1. The lowest BCUT2D eigenvalue weighted by Gasteiger charge is -2.14. The number of carboxylic acids is 1. The topological polar surface area (TPSA) is 53.4 Å². The van der Waals surface area contributed by atoms with E-state index in [9.17, 15) is 4.79 Å². The number of rotatable bonds is 2. The van der Waals surface area contributed by atoms with E-state index >= 15 is 0 Å². The first-order valence-corrected chi connectivity index (χ1v) is 4.90. The second-order valence-corrected chi connectivity index (χ2v) is 3.74. The van der Waals surface area contributed by atoms with Crippen LogP contribution in [0.15, 0.2) is 30.3 Å². The van der Waals surface area contributed by atoms with Crippen LogP contribution in [0.2, 0.25) is 0 Å². The highest BCUT2D eigenvalue weighted by Crippen LogP contribution is 2.24. The van der Waals surface area contributed by atoms with E-state index in [-0.39, 0.29) is 5.69 Å². The summed E-state index contributed by atoms with van der Waals surface area (Å²) in [5.74, 6) is -1.00. The van der Waals surface area contributed by atoms with Crippen molar-refractivity contribution in [1.29, 1.82) is 0 Å². The van der Waals surface area contributed by atoms with Crippen molar-refractivity contribution >= 4 is 22.6 Å². The first-order valence-electron chi connectivity index (χ1n) is 4.90. The molecule has 2 aromatic rings. The molecule has 0 amide bonds. The summed E-state index contributed by atoms with van der Waals surface area (Å²) in [5.41, 5.74) is 1.80. The molecule has 0 aliphatic carbocycles. The van der Waals surface area contributed by atoms with Gasteiger partial charge in [0.25, 0.3) is 0 Å². The lowest BCUT2D eigenvalue weighted by molar-refractivity contribution is 0.0691. The van der Waals surface area contributed by atoms with E-state index in [2.05, 4.69) is 4.98 Å². The van der Waals surface area contributed by atoms with Crippen LogP contribution < -0.4 is 4.90 Å². The Morgan fingerprint density at radius 2 is 2.00 bits per heavy atom. The molecule has 1 heterocycles. The van der Waals surface area contributed by atoms with Crippen molar-refractivity contribution in [1.82, 2.24) is 4.98 Å². The molecule has 0 unspecified atom stereocenters. The van der Waals surface area contributed by atoms with Crippen LogP contribution >= 0.6 is 0 Å². The Kier molecular flexibility index (Phi) is 2.48. The van der Waals surface area contributed by atoms with Gasteiger partial charge in [0.15, 0.2) is 0 Å². The normalized spacial score (nSPS) is 10.4. The fraction of sp³-hybridized carbons (Fsp3) is 0.167. The summed E-state index contributed by atoms with van der Waals surface area (Å²) in [6.07, 6.45) is 0. The van der Waals surface area contributed by atoms with Crippen LogP contribution in [-0.4, -0.2) is 30.2 Å². The number of pyridine rings is 1. The van der Waals surface area contributed by atoms with Gasteiger partial charge >= 0.3 is 5.97 Å². The fourth-order valence-electron chi connectivity index (χ4n) is 1.65. The minimum Gasteiger partial charge on any atom is -0.477 e. The number of carbonyl (C=O) groups is 1. The van der Waals surface area contributed by atoms with Crippen molar-refractivity contribution < 1.29 is 9.90 Å². The Morgan fingerprint density at radius 3 is 2.62 bits per heavy atom. The molecule has 2 rings (SSSR count). The van der Waals surface area contributed by atoms with Gasteiger partial charge in [-0.15, -0.1) is 0 Å². The molecule has 4 nitrogen and oxygen atoms in total. The largest absolute Gasteiger partial charge is 0.477 e. The molecule has 1 N–H and O–H groups in total. The van der Waals surface area contributed by atoms with Crippen LogP contribution in [0.1, 0.15) is 10.5 Å². The number of fused-ring (bicyclic) bond motifs is 1.